The molecule has 0 aliphatic rings. The Hall–Kier alpha value is -3.66. The van der Waals surface area contributed by atoms with Crippen molar-refractivity contribution in [1.29, 1.82) is 0 Å². The minimum atomic E-state index is -0.911. The van der Waals surface area contributed by atoms with Crippen LogP contribution in [0, 0.1) is 13.8 Å². The lowest BCUT2D eigenvalue weighted by molar-refractivity contribution is 0.0696. The summed E-state index contributed by atoms with van der Waals surface area (Å²) in [5.41, 5.74) is 7.80. The van der Waals surface area contributed by atoms with Gasteiger partial charge in [-0.3, -0.25) is 0 Å². The minimum absolute atomic E-state index is 0.303. The van der Waals surface area contributed by atoms with Gasteiger partial charge in [0, 0.05) is 0 Å². The predicted octanol–water partition coefficient (Wildman–Crippen LogP) is 5.64. The van der Waals surface area contributed by atoms with Crippen molar-refractivity contribution in [3.63, 3.8) is 0 Å². The highest BCUT2D eigenvalue weighted by atomic mass is 16.4. The number of aromatic amines is 1. The van der Waals surface area contributed by atoms with Gasteiger partial charge in [0.05, 0.1) is 16.6 Å². The summed E-state index contributed by atoms with van der Waals surface area (Å²) >= 11 is 0. The van der Waals surface area contributed by atoms with Crippen molar-refractivity contribution in [1.82, 2.24) is 9.97 Å². The van der Waals surface area contributed by atoms with Crippen LogP contribution in [0.1, 0.15) is 44.0 Å². The third-order valence-corrected chi connectivity index (χ3v) is 5.23. The molecule has 0 bridgehead atoms. The zero-order valence-electron chi connectivity index (χ0n) is 16.4. The van der Waals surface area contributed by atoms with E-state index in [1.54, 1.807) is 18.2 Å². The molecular weight excluding hydrogens is 360 g/mol. The highest BCUT2D eigenvalue weighted by molar-refractivity contribution is 5.88. The number of benzene rings is 3. The van der Waals surface area contributed by atoms with Crippen molar-refractivity contribution in [2.75, 3.05) is 0 Å². The fourth-order valence-electron chi connectivity index (χ4n) is 3.53. The zero-order chi connectivity index (χ0) is 20.4. The number of aromatic carboxylic acids is 1. The first-order valence-electron chi connectivity index (χ1n) is 9.55. The van der Waals surface area contributed by atoms with Crippen molar-refractivity contribution >= 4 is 29.2 Å². The van der Waals surface area contributed by atoms with Gasteiger partial charge in [-0.1, -0.05) is 48.5 Å². The van der Waals surface area contributed by atoms with Gasteiger partial charge >= 0.3 is 5.97 Å². The van der Waals surface area contributed by atoms with Gasteiger partial charge < -0.3 is 10.1 Å². The number of aryl methyl sites for hydroxylation is 1. The first kappa shape index (κ1) is 18.7. The summed E-state index contributed by atoms with van der Waals surface area (Å²) < 4.78 is 0. The summed E-state index contributed by atoms with van der Waals surface area (Å²) in [5, 5.41) is 9.28. The van der Waals surface area contributed by atoms with Crippen LogP contribution in [0.4, 0.5) is 0 Å². The Morgan fingerprint density at radius 1 is 1.03 bits per heavy atom. The van der Waals surface area contributed by atoms with Crippen LogP contribution in [0.2, 0.25) is 0 Å². The quantitative estimate of drug-likeness (QED) is 0.469. The Morgan fingerprint density at radius 3 is 2.59 bits per heavy atom. The number of nitrogens with one attached hydrogen (secondary N) is 1. The molecule has 0 aliphatic carbocycles. The molecule has 0 aliphatic heterocycles. The SMILES string of the molecule is Cc1cc2[nH]c(/C=C/c3ccccc3)nc2c(Cc2cccc(C(=O)O)c2)c1C. The number of hydrogen-bond acceptors (Lipinski definition) is 2. The highest BCUT2D eigenvalue weighted by Crippen LogP contribution is 2.27. The molecule has 0 amide bonds. The maximum Gasteiger partial charge on any atom is 0.335 e. The van der Waals surface area contributed by atoms with Crippen molar-refractivity contribution in [3.05, 3.63) is 99.9 Å². The molecule has 4 aromatic rings. The predicted molar refractivity (Wildman–Crippen MR) is 117 cm³/mol. The molecule has 4 rings (SSSR count). The number of imidazole rings is 1. The first-order chi connectivity index (χ1) is 14.0. The molecule has 1 heterocycles. The van der Waals surface area contributed by atoms with E-state index in [2.05, 4.69) is 24.9 Å². The molecule has 144 valence electrons. The molecule has 0 unspecified atom stereocenters. The van der Waals surface area contributed by atoms with E-state index in [0.717, 1.165) is 33.5 Å². The van der Waals surface area contributed by atoms with Crippen LogP contribution in [-0.2, 0) is 6.42 Å². The van der Waals surface area contributed by atoms with Crippen LogP contribution in [0.5, 0.6) is 0 Å². The lowest BCUT2D eigenvalue weighted by Crippen LogP contribution is -2.00. The molecule has 29 heavy (non-hydrogen) atoms. The Morgan fingerprint density at radius 2 is 1.83 bits per heavy atom. The van der Waals surface area contributed by atoms with Crippen molar-refractivity contribution in [2.45, 2.75) is 20.3 Å². The maximum atomic E-state index is 11.3. The smallest absolute Gasteiger partial charge is 0.335 e. The first-order valence-corrected chi connectivity index (χ1v) is 9.55. The van der Waals surface area contributed by atoms with Crippen LogP contribution >= 0.6 is 0 Å². The molecule has 4 nitrogen and oxygen atoms in total. The zero-order valence-corrected chi connectivity index (χ0v) is 16.4. The van der Waals surface area contributed by atoms with E-state index in [4.69, 9.17) is 4.98 Å². The molecule has 3 aromatic carbocycles. The number of carboxylic acid groups (broad SMARTS) is 1. The van der Waals surface area contributed by atoms with Gasteiger partial charge in [-0.15, -0.1) is 0 Å². The van der Waals surface area contributed by atoms with E-state index >= 15 is 0 Å². The number of aromatic nitrogens is 2. The molecular formula is C25H22N2O2. The topological polar surface area (TPSA) is 66.0 Å². The highest BCUT2D eigenvalue weighted by Gasteiger charge is 2.13. The molecule has 0 spiro atoms. The van der Waals surface area contributed by atoms with Gasteiger partial charge in [0.15, 0.2) is 0 Å². The number of carboxylic acids is 1. The molecule has 2 N–H and O–H groups in total. The minimum Gasteiger partial charge on any atom is -0.478 e. The van der Waals surface area contributed by atoms with E-state index in [1.807, 2.05) is 48.6 Å². The van der Waals surface area contributed by atoms with Gasteiger partial charge in [-0.05, 0) is 72.4 Å². The third-order valence-electron chi connectivity index (χ3n) is 5.23. The molecule has 0 radical (unpaired) electrons. The Labute approximate surface area is 169 Å². The summed E-state index contributed by atoms with van der Waals surface area (Å²) in [4.78, 5) is 19.5. The van der Waals surface area contributed by atoms with Crippen LogP contribution in [-0.4, -0.2) is 21.0 Å². The van der Waals surface area contributed by atoms with E-state index in [0.29, 0.717) is 12.0 Å². The monoisotopic (exact) mass is 382 g/mol. The van der Waals surface area contributed by atoms with Gasteiger partial charge in [-0.2, -0.15) is 0 Å². The number of hydrogen-bond donors (Lipinski definition) is 2. The number of nitrogens with zero attached hydrogens (tertiary/aromatic N) is 1. The summed E-state index contributed by atoms with van der Waals surface area (Å²) in [6.07, 6.45) is 4.65. The van der Waals surface area contributed by atoms with E-state index in [9.17, 15) is 9.90 Å². The lowest BCUT2D eigenvalue weighted by Gasteiger charge is -2.10. The fraction of sp³-hybridized carbons (Fsp3) is 0.120. The molecule has 0 atom stereocenters. The van der Waals surface area contributed by atoms with E-state index in [-0.39, 0.29) is 0 Å². The Bertz CT molecular complexity index is 1220. The summed E-state index contributed by atoms with van der Waals surface area (Å²) in [6, 6.07) is 19.3. The second-order valence-corrected chi connectivity index (χ2v) is 7.24. The summed E-state index contributed by atoms with van der Waals surface area (Å²) in [5.74, 6) is -0.111. The Balaban J connectivity index is 1.74. The standard InChI is InChI=1S/C25H22N2O2/c1-16-13-22-24(27-23(26-22)12-11-18-7-4-3-5-8-18)21(17(16)2)15-19-9-6-10-20(14-19)25(28)29/h3-14H,15H2,1-2H3,(H,26,27)(H,28,29)/b12-11+. The van der Waals surface area contributed by atoms with Crippen LogP contribution < -0.4 is 0 Å². The van der Waals surface area contributed by atoms with Crippen LogP contribution in [0.25, 0.3) is 23.2 Å². The summed E-state index contributed by atoms with van der Waals surface area (Å²) in [6.45, 7) is 4.19. The third kappa shape index (κ3) is 3.97. The molecule has 0 saturated heterocycles. The van der Waals surface area contributed by atoms with Crippen LogP contribution in [0.15, 0.2) is 60.7 Å². The van der Waals surface area contributed by atoms with Gasteiger partial charge in [0.1, 0.15) is 5.82 Å². The van der Waals surface area contributed by atoms with Gasteiger partial charge in [0.25, 0.3) is 0 Å². The number of carbonyl (C=O) groups is 1. The maximum absolute atomic E-state index is 11.3. The van der Waals surface area contributed by atoms with Gasteiger partial charge in [-0.25, -0.2) is 9.78 Å². The number of fused-ring (bicyclic) bond motifs is 1. The number of H-pyrrole nitrogens is 1. The van der Waals surface area contributed by atoms with Crippen molar-refractivity contribution < 1.29 is 9.90 Å². The second-order valence-electron chi connectivity index (χ2n) is 7.24. The Kier molecular flexibility index (Phi) is 5.00. The number of rotatable bonds is 5. The van der Waals surface area contributed by atoms with E-state index < -0.39 is 5.97 Å². The van der Waals surface area contributed by atoms with Crippen molar-refractivity contribution in [3.8, 4) is 0 Å². The normalized spacial score (nSPS) is 11.4. The molecule has 4 heteroatoms. The largest absolute Gasteiger partial charge is 0.478 e. The molecule has 1 aromatic heterocycles. The van der Waals surface area contributed by atoms with Gasteiger partial charge in [0.2, 0.25) is 0 Å². The second kappa shape index (κ2) is 7.76. The summed E-state index contributed by atoms with van der Waals surface area (Å²) in [7, 11) is 0. The average molecular weight is 382 g/mol. The molecule has 0 saturated carbocycles. The molecule has 0 fully saturated rings. The van der Waals surface area contributed by atoms with Crippen LogP contribution in [0.3, 0.4) is 0 Å². The lowest BCUT2D eigenvalue weighted by atomic mass is 9.95. The average Bonchev–Trinajstić information content (AvgIpc) is 3.13. The van der Waals surface area contributed by atoms with E-state index in [1.165, 1.54) is 11.1 Å². The van der Waals surface area contributed by atoms with Crippen molar-refractivity contribution in [2.24, 2.45) is 0 Å². The fourth-order valence-corrected chi connectivity index (χ4v) is 3.53.